The van der Waals surface area contributed by atoms with Crippen molar-refractivity contribution in [3.8, 4) is 0 Å². The Morgan fingerprint density at radius 2 is 1.47 bits per heavy atom. The minimum atomic E-state index is 0.0467. The van der Waals surface area contributed by atoms with Crippen LogP contribution in [0.5, 0.6) is 0 Å². The normalized spacial score (nSPS) is 15.8. The van der Waals surface area contributed by atoms with Crippen LogP contribution < -0.4 is 21.9 Å². The van der Waals surface area contributed by atoms with Crippen molar-refractivity contribution in [3.05, 3.63) is 111 Å². The fourth-order valence-electron chi connectivity index (χ4n) is 5.17. The Hall–Kier alpha value is -2.66. The fraction of sp³-hybridized carbons (Fsp3) is 0.442. The third-order valence-electron chi connectivity index (χ3n) is 8.05. The number of hydrogen-bond donors (Lipinski definition) is 4. The maximum Gasteiger partial charge on any atom is 0.0452 e. The lowest BCUT2D eigenvalue weighted by atomic mass is 9.84. The number of nitrogens with two attached hydrogens (primary N) is 2. The molecular formula is C43H68N2S2. The minimum absolute atomic E-state index is 0.0467. The van der Waals surface area contributed by atoms with E-state index in [9.17, 15) is 0 Å². The molecule has 1 unspecified atom stereocenters. The van der Waals surface area contributed by atoms with Gasteiger partial charge in [0.05, 0.1) is 0 Å². The van der Waals surface area contributed by atoms with Crippen molar-refractivity contribution in [2.45, 2.75) is 125 Å². The van der Waals surface area contributed by atoms with E-state index in [0.717, 1.165) is 58.3 Å². The first-order valence-corrected chi connectivity index (χ1v) is 18.4. The maximum absolute atomic E-state index is 6.23. The third kappa shape index (κ3) is 13.4. The molecule has 2 aromatic rings. The summed E-state index contributed by atoms with van der Waals surface area (Å²) < 4.78 is 0. The van der Waals surface area contributed by atoms with Gasteiger partial charge in [0.15, 0.2) is 0 Å². The van der Waals surface area contributed by atoms with Gasteiger partial charge in [0, 0.05) is 20.9 Å². The number of thiol groups is 2. The second-order valence-corrected chi connectivity index (χ2v) is 12.3. The van der Waals surface area contributed by atoms with Gasteiger partial charge in [0.2, 0.25) is 0 Å². The topological polar surface area (TPSA) is 52.0 Å². The van der Waals surface area contributed by atoms with E-state index in [1.54, 1.807) is 0 Å². The van der Waals surface area contributed by atoms with Crippen molar-refractivity contribution >= 4 is 43.1 Å². The first-order chi connectivity index (χ1) is 22.3. The van der Waals surface area contributed by atoms with Gasteiger partial charge in [-0.2, -0.15) is 0 Å². The molecule has 0 spiro atoms. The molecule has 1 aliphatic carbocycles. The van der Waals surface area contributed by atoms with E-state index in [1.165, 1.54) is 45.7 Å². The standard InChI is InChI=1S/C31H39NS2.C7H12.2C2H6.CH5N/c1-7-10-26-25(12-11-20(4)29(26)33)28(23-13-14-27(32)30(34)21(23)5)24-16-19-31(6,17-8-2)18-15-22(24)9-3;1-5-7(4)6(2)3;3*1-2/h11-16,18-19,33-34H,4,7-10,17,32H2,1-3,5-6H3;5H,2H2,1,3-4H3;2*1-2H3;2H2,1H3/b28-25+;7-5-;;;. The molecule has 0 fully saturated rings. The molecule has 0 radical (unpaired) electrons. The summed E-state index contributed by atoms with van der Waals surface area (Å²) in [6, 6.07) is 8.45. The van der Waals surface area contributed by atoms with E-state index in [0.29, 0.717) is 5.69 Å². The zero-order valence-corrected chi connectivity index (χ0v) is 34.0. The van der Waals surface area contributed by atoms with Crippen LogP contribution in [-0.4, -0.2) is 7.05 Å². The van der Waals surface area contributed by atoms with Gasteiger partial charge in [-0.25, -0.2) is 0 Å². The number of nitrogen functional groups attached to an aromatic ring is 1. The minimum Gasteiger partial charge on any atom is -0.398 e. The van der Waals surface area contributed by atoms with Crippen LogP contribution in [0.25, 0.3) is 12.2 Å². The predicted molar refractivity (Wildman–Crippen MR) is 223 cm³/mol. The van der Waals surface area contributed by atoms with E-state index < -0.39 is 0 Å². The second-order valence-electron chi connectivity index (χ2n) is 11.4. The summed E-state index contributed by atoms with van der Waals surface area (Å²) in [4.78, 5) is 1.83. The van der Waals surface area contributed by atoms with Crippen LogP contribution in [0.2, 0.25) is 0 Å². The molecule has 0 saturated heterocycles. The van der Waals surface area contributed by atoms with E-state index in [4.69, 9.17) is 31.0 Å². The second kappa shape index (κ2) is 24.5. The monoisotopic (exact) mass is 676 g/mol. The Morgan fingerprint density at radius 3 is 1.94 bits per heavy atom. The van der Waals surface area contributed by atoms with Crippen molar-refractivity contribution in [2.75, 3.05) is 12.8 Å². The highest BCUT2D eigenvalue weighted by Crippen LogP contribution is 2.38. The number of rotatable bonds is 8. The van der Waals surface area contributed by atoms with Crippen LogP contribution in [-0.2, 0) is 6.42 Å². The van der Waals surface area contributed by atoms with Gasteiger partial charge in [0.1, 0.15) is 0 Å². The van der Waals surface area contributed by atoms with E-state index in [2.05, 4.69) is 109 Å². The molecule has 0 saturated carbocycles. The summed E-state index contributed by atoms with van der Waals surface area (Å²) in [5.41, 5.74) is 21.3. The van der Waals surface area contributed by atoms with Crippen LogP contribution in [0, 0.1) is 12.3 Å². The summed E-state index contributed by atoms with van der Waals surface area (Å²) in [5.74, 6) is 0. The Morgan fingerprint density at radius 1 is 0.894 bits per heavy atom. The number of benzene rings is 2. The molecule has 262 valence electrons. The number of allylic oxidation sites excluding steroid dienone is 9. The first kappa shape index (κ1) is 46.5. The van der Waals surface area contributed by atoms with Gasteiger partial charge in [-0.1, -0.05) is 141 Å². The molecule has 1 aliphatic rings. The van der Waals surface area contributed by atoms with Crippen molar-refractivity contribution in [1.82, 2.24) is 0 Å². The Balaban J connectivity index is 0. The molecule has 0 aromatic heterocycles. The van der Waals surface area contributed by atoms with Gasteiger partial charge in [-0.15, -0.1) is 25.3 Å². The van der Waals surface area contributed by atoms with Crippen LogP contribution in [0.1, 0.15) is 119 Å². The van der Waals surface area contributed by atoms with Crippen LogP contribution in [0.15, 0.2) is 93.3 Å². The van der Waals surface area contributed by atoms with Gasteiger partial charge in [-0.3, -0.25) is 0 Å². The zero-order valence-electron chi connectivity index (χ0n) is 32.2. The highest BCUT2D eigenvalue weighted by molar-refractivity contribution is 7.80. The molecule has 4 N–H and O–H groups in total. The zero-order chi connectivity index (χ0) is 36.9. The molecule has 0 heterocycles. The van der Waals surface area contributed by atoms with E-state index in [1.807, 2.05) is 47.6 Å². The summed E-state index contributed by atoms with van der Waals surface area (Å²) in [7, 11) is 1.50. The average Bonchev–Trinajstić information content (AvgIpc) is 3.25. The summed E-state index contributed by atoms with van der Waals surface area (Å²) >= 11 is 9.68. The van der Waals surface area contributed by atoms with Crippen molar-refractivity contribution in [2.24, 2.45) is 11.1 Å². The van der Waals surface area contributed by atoms with Crippen LogP contribution in [0.3, 0.4) is 0 Å². The highest BCUT2D eigenvalue weighted by atomic mass is 32.1. The van der Waals surface area contributed by atoms with Gasteiger partial charge in [0.25, 0.3) is 0 Å². The van der Waals surface area contributed by atoms with Crippen molar-refractivity contribution in [1.29, 1.82) is 0 Å². The molecule has 4 heteroatoms. The summed E-state index contributed by atoms with van der Waals surface area (Å²) in [6.45, 7) is 33.2. The summed E-state index contributed by atoms with van der Waals surface area (Å²) in [5, 5.41) is 2.19. The largest absolute Gasteiger partial charge is 0.398 e. The Bertz CT molecular complexity index is 1510. The molecule has 0 amide bonds. The molecule has 0 aliphatic heterocycles. The molecule has 3 rings (SSSR count). The molecule has 2 nitrogen and oxygen atoms in total. The van der Waals surface area contributed by atoms with Gasteiger partial charge < -0.3 is 11.5 Å². The highest BCUT2D eigenvalue weighted by Gasteiger charge is 2.22. The lowest BCUT2D eigenvalue weighted by molar-refractivity contribution is 0.492. The SMILES string of the molecule is C=C(C)/C(C)=C\C.C=c1cc/c(=C(\C2=C(CC)C=CC(C)(CCC)C=C2)c2ccc(N)c(S)c2C)c(CCC)c1S.CC.CC.CN. The molecule has 1 atom stereocenters. The lowest BCUT2D eigenvalue weighted by Crippen LogP contribution is -2.21. The van der Waals surface area contributed by atoms with Crippen molar-refractivity contribution < 1.29 is 0 Å². The molecule has 2 aromatic carbocycles. The number of hydrogen-bond acceptors (Lipinski definition) is 4. The Labute approximate surface area is 301 Å². The van der Waals surface area contributed by atoms with Crippen LogP contribution in [0.4, 0.5) is 5.69 Å². The third-order valence-corrected chi connectivity index (χ3v) is 9.20. The van der Waals surface area contributed by atoms with E-state index >= 15 is 0 Å². The van der Waals surface area contributed by atoms with Crippen molar-refractivity contribution in [3.63, 3.8) is 0 Å². The first-order valence-electron chi connectivity index (χ1n) is 17.5. The summed E-state index contributed by atoms with van der Waals surface area (Å²) in [6.07, 6.45) is 16.7. The number of anilines is 1. The van der Waals surface area contributed by atoms with Gasteiger partial charge in [-0.05, 0) is 104 Å². The van der Waals surface area contributed by atoms with Crippen LogP contribution >= 0.6 is 25.3 Å². The average molecular weight is 677 g/mol. The lowest BCUT2D eigenvalue weighted by Gasteiger charge is -2.21. The molecular weight excluding hydrogens is 609 g/mol. The smallest absolute Gasteiger partial charge is 0.0452 e. The quantitative estimate of drug-likeness (QED) is 0.128. The fourth-order valence-corrected chi connectivity index (χ4v) is 5.67. The Kier molecular flexibility index (Phi) is 24.2. The molecule has 0 bridgehead atoms. The maximum atomic E-state index is 6.23. The van der Waals surface area contributed by atoms with Gasteiger partial charge >= 0.3 is 0 Å². The predicted octanol–water partition coefficient (Wildman–Crippen LogP) is 11.5. The van der Waals surface area contributed by atoms with E-state index in [-0.39, 0.29) is 5.41 Å². The molecule has 47 heavy (non-hydrogen) atoms.